The molecule has 2 rings (SSSR count). The van der Waals surface area contributed by atoms with E-state index in [1.54, 1.807) is 0 Å². The van der Waals surface area contributed by atoms with Gasteiger partial charge in [-0.3, -0.25) is 0 Å². The minimum Gasteiger partial charge on any atom is -0.453 e. The fourth-order valence-corrected chi connectivity index (χ4v) is 2.90. The third kappa shape index (κ3) is 4.41. The first kappa shape index (κ1) is 14.1. The van der Waals surface area contributed by atoms with E-state index in [0.29, 0.717) is 0 Å². The molecule has 2 heterocycles. The Bertz CT molecular complexity index is 353. The zero-order valence-corrected chi connectivity index (χ0v) is 12.7. The van der Waals surface area contributed by atoms with E-state index < -0.39 is 0 Å². The molecule has 102 valence electrons. The van der Waals surface area contributed by atoms with Crippen molar-refractivity contribution in [2.24, 2.45) is 0 Å². The number of nitrogens with zero attached hydrogens (tertiary/aromatic N) is 1. The fraction of sp³-hybridized carbons (Fsp3) is 0.714. The van der Waals surface area contributed by atoms with Crippen molar-refractivity contribution in [3.05, 3.63) is 22.6 Å². The monoisotopic (exact) mass is 314 g/mol. The largest absolute Gasteiger partial charge is 0.453 e. The van der Waals surface area contributed by atoms with Crippen molar-refractivity contribution in [2.45, 2.75) is 45.2 Å². The molecule has 1 aromatic heterocycles. The molecule has 0 aromatic carbocycles. The lowest BCUT2D eigenvalue weighted by molar-refractivity contribution is 0.159. The molecule has 0 saturated carbocycles. The number of hydrogen-bond donors (Lipinski definition) is 1. The van der Waals surface area contributed by atoms with Crippen LogP contribution in [0.15, 0.2) is 21.2 Å². The summed E-state index contributed by atoms with van der Waals surface area (Å²) in [5.41, 5.74) is 0. The highest BCUT2D eigenvalue weighted by molar-refractivity contribution is 9.10. The molecule has 0 radical (unpaired) electrons. The highest BCUT2D eigenvalue weighted by Crippen LogP contribution is 2.16. The third-order valence-electron chi connectivity index (χ3n) is 3.67. The van der Waals surface area contributed by atoms with Gasteiger partial charge < -0.3 is 14.6 Å². The van der Waals surface area contributed by atoms with E-state index in [1.165, 1.54) is 38.8 Å². The van der Waals surface area contributed by atoms with E-state index in [0.717, 1.165) is 29.6 Å². The SMILES string of the molecule is CC1CCCCN1CCCNCc1ccc(Br)o1. The van der Waals surface area contributed by atoms with Crippen molar-refractivity contribution >= 4 is 15.9 Å². The first-order valence-corrected chi connectivity index (χ1v) is 7.74. The fourth-order valence-electron chi connectivity index (χ4n) is 2.56. The molecule has 0 aliphatic carbocycles. The number of furan rings is 1. The van der Waals surface area contributed by atoms with Gasteiger partial charge in [-0.15, -0.1) is 0 Å². The Morgan fingerprint density at radius 3 is 3.06 bits per heavy atom. The first-order valence-electron chi connectivity index (χ1n) is 6.94. The number of likely N-dealkylation sites (tertiary alicyclic amines) is 1. The number of rotatable bonds is 6. The van der Waals surface area contributed by atoms with E-state index in [-0.39, 0.29) is 0 Å². The topological polar surface area (TPSA) is 28.4 Å². The van der Waals surface area contributed by atoms with Gasteiger partial charge in [0.15, 0.2) is 4.67 Å². The van der Waals surface area contributed by atoms with Crippen molar-refractivity contribution in [2.75, 3.05) is 19.6 Å². The van der Waals surface area contributed by atoms with Crippen molar-refractivity contribution in [3.63, 3.8) is 0 Å². The standard InChI is InChI=1S/C14H23BrN2O/c1-12-5-2-3-9-17(12)10-4-8-16-11-13-6-7-14(15)18-13/h6-7,12,16H,2-5,8-11H2,1H3. The van der Waals surface area contributed by atoms with Gasteiger partial charge in [-0.25, -0.2) is 0 Å². The normalized spacial score (nSPS) is 21.3. The van der Waals surface area contributed by atoms with Gasteiger partial charge in [-0.05, 0) is 73.9 Å². The van der Waals surface area contributed by atoms with Crippen molar-refractivity contribution in [1.82, 2.24) is 10.2 Å². The summed E-state index contributed by atoms with van der Waals surface area (Å²) in [6.07, 6.45) is 5.36. The van der Waals surface area contributed by atoms with Crippen molar-refractivity contribution < 1.29 is 4.42 Å². The lowest BCUT2D eigenvalue weighted by atomic mass is 10.0. The maximum absolute atomic E-state index is 5.44. The summed E-state index contributed by atoms with van der Waals surface area (Å²) >= 11 is 3.31. The van der Waals surface area contributed by atoms with E-state index in [4.69, 9.17) is 4.42 Å². The molecular weight excluding hydrogens is 292 g/mol. The second kappa shape index (κ2) is 7.31. The molecule has 3 nitrogen and oxygen atoms in total. The molecule has 18 heavy (non-hydrogen) atoms. The molecule has 0 spiro atoms. The van der Waals surface area contributed by atoms with Crippen LogP contribution >= 0.6 is 15.9 Å². The van der Waals surface area contributed by atoms with E-state index >= 15 is 0 Å². The number of piperidine rings is 1. The summed E-state index contributed by atoms with van der Waals surface area (Å²) in [5, 5.41) is 3.43. The van der Waals surface area contributed by atoms with Crippen LogP contribution in [-0.4, -0.2) is 30.6 Å². The van der Waals surface area contributed by atoms with Crippen LogP contribution in [-0.2, 0) is 6.54 Å². The Kier molecular flexibility index (Phi) is 5.73. The Balaban J connectivity index is 1.55. The Hall–Kier alpha value is -0.320. The molecule has 1 atom stereocenters. The number of halogens is 1. The van der Waals surface area contributed by atoms with Crippen LogP contribution in [0.5, 0.6) is 0 Å². The van der Waals surface area contributed by atoms with E-state index in [9.17, 15) is 0 Å². The summed E-state index contributed by atoms with van der Waals surface area (Å²) in [6.45, 7) is 6.73. The Morgan fingerprint density at radius 2 is 2.33 bits per heavy atom. The van der Waals surface area contributed by atoms with Crippen LogP contribution in [0.1, 0.15) is 38.4 Å². The molecule has 0 bridgehead atoms. The summed E-state index contributed by atoms with van der Waals surface area (Å²) in [5.74, 6) is 0.994. The van der Waals surface area contributed by atoms with Gasteiger partial charge in [0.2, 0.25) is 0 Å². The molecule has 1 unspecified atom stereocenters. The van der Waals surface area contributed by atoms with Gasteiger partial charge in [0.05, 0.1) is 6.54 Å². The maximum Gasteiger partial charge on any atom is 0.169 e. The minimum atomic E-state index is 0.778. The predicted molar refractivity (Wildman–Crippen MR) is 77.6 cm³/mol. The zero-order chi connectivity index (χ0) is 12.8. The van der Waals surface area contributed by atoms with Crippen molar-refractivity contribution in [1.29, 1.82) is 0 Å². The average molecular weight is 315 g/mol. The minimum absolute atomic E-state index is 0.778. The van der Waals surface area contributed by atoms with Gasteiger partial charge in [-0.1, -0.05) is 6.42 Å². The van der Waals surface area contributed by atoms with Gasteiger partial charge in [0.1, 0.15) is 5.76 Å². The highest BCUT2D eigenvalue weighted by Gasteiger charge is 2.16. The van der Waals surface area contributed by atoms with Gasteiger partial charge in [-0.2, -0.15) is 0 Å². The quantitative estimate of drug-likeness (QED) is 0.816. The van der Waals surface area contributed by atoms with Crippen LogP contribution in [0, 0.1) is 0 Å². The second-order valence-corrected chi connectivity index (χ2v) is 5.90. The van der Waals surface area contributed by atoms with Crippen molar-refractivity contribution in [3.8, 4) is 0 Å². The second-order valence-electron chi connectivity index (χ2n) is 5.12. The Morgan fingerprint density at radius 1 is 1.44 bits per heavy atom. The van der Waals surface area contributed by atoms with E-state index in [1.807, 2.05) is 12.1 Å². The molecule has 0 amide bonds. The zero-order valence-electron chi connectivity index (χ0n) is 11.1. The number of nitrogens with one attached hydrogen (secondary N) is 1. The maximum atomic E-state index is 5.44. The van der Waals surface area contributed by atoms with Crippen LogP contribution < -0.4 is 5.32 Å². The van der Waals surface area contributed by atoms with E-state index in [2.05, 4.69) is 33.1 Å². The first-order chi connectivity index (χ1) is 8.75. The highest BCUT2D eigenvalue weighted by atomic mass is 79.9. The number of hydrogen-bond acceptors (Lipinski definition) is 3. The van der Waals surface area contributed by atoms with Crippen LogP contribution in [0.25, 0.3) is 0 Å². The van der Waals surface area contributed by atoms with Gasteiger partial charge in [0, 0.05) is 6.04 Å². The predicted octanol–water partition coefficient (Wildman–Crippen LogP) is 3.40. The molecule has 1 fully saturated rings. The van der Waals surface area contributed by atoms with Gasteiger partial charge in [0.25, 0.3) is 0 Å². The summed E-state index contributed by atoms with van der Waals surface area (Å²) in [7, 11) is 0. The average Bonchev–Trinajstić information content (AvgIpc) is 2.77. The molecule has 1 aromatic rings. The summed E-state index contributed by atoms with van der Waals surface area (Å²) in [6, 6.07) is 4.72. The third-order valence-corrected chi connectivity index (χ3v) is 4.09. The molecule has 1 N–H and O–H groups in total. The lowest BCUT2D eigenvalue weighted by Crippen LogP contribution is -2.38. The molecule has 1 aliphatic rings. The smallest absolute Gasteiger partial charge is 0.169 e. The Labute approximate surface area is 118 Å². The molecule has 1 saturated heterocycles. The summed E-state index contributed by atoms with van der Waals surface area (Å²) in [4.78, 5) is 2.62. The molecule has 1 aliphatic heterocycles. The molecular formula is C14H23BrN2O. The van der Waals surface area contributed by atoms with Crippen LogP contribution in [0.3, 0.4) is 0 Å². The summed E-state index contributed by atoms with van der Waals surface area (Å²) < 4.78 is 6.25. The van der Waals surface area contributed by atoms with Gasteiger partial charge >= 0.3 is 0 Å². The van der Waals surface area contributed by atoms with Crippen LogP contribution in [0.4, 0.5) is 0 Å². The van der Waals surface area contributed by atoms with Crippen LogP contribution in [0.2, 0.25) is 0 Å². The molecule has 4 heteroatoms. The lowest BCUT2D eigenvalue weighted by Gasteiger charge is -2.33.